The van der Waals surface area contributed by atoms with Crippen LogP contribution in [0.3, 0.4) is 0 Å². The molecule has 0 radical (unpaired) electrons. The highest BCUT2D eigenvalue weighted by atomic mass is 32.1. The monoisotopic (exact) mass is 353 g/mol. The number of nitrogens with zero attached hydrogens (tertiary/aromatic N) is 2. The van der Waals surface area contributed by atoms with Crippen LogP contribution in [0.5, 0.6) is 0 Å². The lowest BCUT2D eigenvalue weighted by molar-refractivity contribution is -0.123. The van der Waals surface area contributed by atoms with Crippen molar-refractivity contribution >= 4 is 17.2 Å². The fourth-order valence-corrected chi connectivity index (χ4v) is 3.80. The zero-order valence-electron chi connectivity index (χ0n) is 13.7. The molecule has 25 heavy (non-hydrogen) atoms. The second-order valence-electron chi connectivity index (χ2n) is 5.94. The lowest BCUT2D eigenvalue weighted by Crippen LogP contribution is -2.42. The number of aromatic nitrogens is 3. The highest BCUT2D eigenvalue weighted by Crippen LogP contribution is 2.22. The Morgan fingerprint density at radius 2 is 2.20 bits per heavy atom. The molecule has 6 nitrogen and oxygen atoms in total. The van der Waals surface area contributed by atoms with Crippen molar-refractivity contribution in [2.45, 2.75) is 18.9 Å². The van der Waals surface area contributed by atoms with Crippen molar-refractivity contribution in [3.63, 3.8) is 0 Å². The number of nitrogens with one attached hydrogen (secondary N) is 3. The van der Waals surface area contributed by atoms with Gasteiger partial charge in [-0.2, -0.15) is 0 Å². The molecule has 1 amide bonds. The summed E-state index contributed by atoms with van der Waals surface area (Å²) in [6.07, 6.45) is 3.25. The van der Waals surface area contributed by atoms with Crippen LogP contribution in [0.2, 0.25) is 0 Å². The Morgan fingerprint density at radius 1 is 1.32 bits per heavy atom. The van der Waals surface area contributed by atoms with Crippen LogP contribution in [0.15, 0.2) is 42.0 Å². The van der Waals surface area contributed by atoms with E-state index in [-0.39, 0.29) is 11.9 Å². The highest BCUT2D eigenvalue weighted by molar-refractivity contribution is 7.09. The molecule has 0 fully saturated rings. The van der Waals surface area contributed by atoms with Crippen LogP contribution >= 0.6 is 11.3 Å². The lowest BCUT2D eigenvalue weighted by Gasteiger charge is -2.22. The van der Waals surface area contributed by atoms with E-state index in [1.165, 1.54) is 0 Å². The Morgan fingerprint density at radius 3 is 3.08 bits per heavy atom. The molecule has 4 rings (SSSR count). The second-order valence-corrected chi connectivity index (χ2v) is 6.88. The van der Waals surface area contributed by atoms with Gasteiger partial charge in [0.15, 0.2) is 0 Å². The minimum absolute atomic E-state index is 0.0344. The second kappa shape index (κ2) is 7.16. The highest BCUT2D eigenvalue weighted by Gasteiger charge is 2.28. The summed E-state index contributed by atoms with van der Waals surface area (Å²) in [5.74, 6) is -0.0344. The largest absolute Gasteiger partial charge is 0.354 e. The number of hydrogen-bond acceptors (Lipinski definition) is 5. The molecule has 0 unspecified atom stereocenters. The van der Waals surface area contributed by atoms with Crippen LogP contribution in [0.4, 0.5) is 0 Å². The number of carbonyl (C=O) groups excluding carboxylic acids is 1. The third kappa shape index (κ3) is 3.47. The van der Waals surface area contributed by atoms with Gasteiger partial charge >= 0.3 is 0 Å². The van der Waals surface area contributed by atoms with Gasteiger partial charge in [-0.15, -0.1) is 11.3 Å². The van der Waals surface area contributed by atoms with E-state index in [9.17, 15) is 4.79 Å². The molecule has 1 atom stereocenters. The molecule has 2 aromatic heterocycles. The Balaban J connectivity index is 1.33. The minimum atomic E-state index is -0.369. The SMILES string of the molecule is O=C(NCCc1nc(-c2ccccc2)cs1)[C@@H]1NCCc2[nH]cnc21. The van der Waals surface area contributed by atoms with Gasteiger partial charge < -0.3 is 15.6 Å². The summed E-state index contributed by atoms with van der Waals surface area (Å²) in [7, 11) is 0. The van der Waals surface area contributed by atoms with Gasteiger partial charge in [-0.05, 0) is 0 Å². The maximum Gasteiger partial charge on any atom is 0.243 e. The van der Waals surface area contributed by atoms with E-state index in [0.29, 0.717) is 6.54 Å². The smallest absolute Gasteiger partial charge is 0.243 e. The third-order valence-electron chi connectivity index (χ3n) is 4.27. The van der Waals surface area contributed by atoms with Gasteiger partial charge in [-0.3, -0.25) is 4.79 Å². The first kappa shape index (κ1) is 16.0. The van der Waals surface area contributed by atoms with Crippen LogP contribution in [-0.2, 0) is 17.6 Å². The number of amides is 1. The van der Waals surface area contributed by atoms with Crippen LogP contribution < -0.4 is 10.6 Å². The fourth-order valence-electron chi connectivity index (χ4n) is 3.00. The van der Waals surface area contributed by atoms with Gasteiger partial charge in [-0.25, -0.2) is 9.97 Å². The first-order valence-electron chi connectivity index (χ1n) is 8.34. The Bertz CT molecular complexity index is 857. The van der Waals surface area contributed by atoms with Crippen molar-refractivity contribution in [2.24, 2.45) is 0 Å². The number of rotatable bonds is 5. The van der Waals surface area contributed by atoms with Gasteiger partial charge in [0.05, 0.1) is 22.7 Å². The lowest BCUT2D eigenvalue weighted by atomic mass is 10.1. The molecule has 0 saturated carbocycles. The molecule has 0 bridgehead atoms. The number of hydrogen-bond donors (Lipinski definition) is 3. The molecule has 1 aliphatic heterocycles. The number of fused-ring (bicyclic) bond motifs is 1. The first-order chi connectivity index (χ1) is 12.3. The molecule has 128 valence electrons. The third-order valence-corrected chi connectivity index (χ3v) is 5.18. The zero-order valence-corrected chi connectivity index (χ0v) is 14.5. The molecule has 3 aromatic rings. The van der Waals surface area contributed by atoms with E-state index in [4.69, 9.17) is 0 Å². The van der Waals surface area contributed by atoms with Crippen molar-refractivity contribution in [3.8, 4) is 11.3 Å². The van der Waals surface area contributed by atoms with E-state index in [1.807, 2.05) is 18.2 Å². The van der Waals surface area contributed by atoms with E-state index in [1.54, 1.807) is 17.7 Å². The van der Waals surface area contributed by atoms with E-state index >= 15 is 0 Å². The maximum absolute atomic E-state index is 12.4. The van der Waals surface area contributed by atoms with Crippen molar-refractivity contribution in [3.05, 3.63) is 58.4 Å². The number of H-pyrrole nitrogens is 1. The summed E-state index contributed by atoms with van der Waals surface area (Å²) in [5.41, 5.74) is 3.96. The Labute approximate surface area is 149 Å². The van der Waals surface area contributed by atoms with Gasteiger partial charge in [0.2, 0.25) is 5.91 Å². The van der Waals surface area contributed by atoms with Crippen molar-refractivity contribution in [1.29, 1.82) is 0 Å². The molecule has 1 aromatic carbocycles. The van der Waals surface area contributed by atoms with Gasteiger partial charge in [-0.1, -0.05) is 30.3 Å². The van der Waals surface area contributed by atoms with E-state index in [0.717, 1.165) is 47.0 Å². The van der Waals surface area contributed by atoms with Gasteiger partial charge in [0.1, 0.15) is 6.04 Å². The summed E-state index contributed by atoms with van der Waals surface area (Å²) in [6, 6.07) is 9.75. The van der Waals surface area contributed by atoms with Gasteiger partial charge in [0, 0.05) is 42.6 Å². The van der Waals surface area contributed by atoms with Crippen LogP contribution in [0, 0.1) is 0 Å². The first-order valence-corrected chi connectivity index (χ1v) is 9.22. The van der Waals surface area contributed by atoms with Crippen molar-refractivity contribution in [1.82, 2.24) is 25.6 Å². The van der Waals surface area contributed by atoms with E-state index < -0.39 is 0 Å². The van der Waals surface area contributed by atoms with Crippen LogP contribution in [0.25, 0.3) is 11.3 Å². The van der Waals surface area contributed by atoms with Crippen molar-refractivity contribution in [2.75, 3.05) is 13.1 Å². The number of carbonyl (C=O) groups is 1. The maximum atomic E-state index is 12.4. The number of aromatic amines is 1. The van der Waals surface area contributed by atoms with Crippen LogP contribution in [0.1, 0.15) is 22.4 Å². The molecule has 3 N–H and O–H groups in total. The topological polar surface area (TPSA) is 82.7 Å². The zero-order chi connectivity index (χ0) is 17.1. The summed E-state index contributed by atoms with van der Waals surface area (Å²) in [4.78, 5) is 24.5. The average Bonchev–Trinajstić information content (AvgIpc) is 3.31. The molecule has 3 heterocycles. The predicted octanol–water partition coefficient (Wildman–Crippen LogP) is 2.08. The molecule has 0 aliphatic carbocycles. The average molecular weight is 353 g/mol. The predicted molar refractivity (Wildman–Crippen MR) is 97.3 cm³/mol. The van der Waals surface area contributed by atoms with Crippen LogP contribution in [-0.4, -0.2) is 33.9 Å². The molecule has 1 aliphatic rings. The normalized spacial score (nSPS) is 16.4. The van der Waals surface area contributed by atoms with Crippen molar-refractivity contribution < 1.29 is 4.79 Å². The summed E-state index contributed by atoms with van der Waals surface area (Å²) in [6.45, 7) is 1.35. The quantitative estimate of drug-likeness (QED) is 0.656. The Kier molecular flexibility index (Phi) is 4.58. The molecular weight excluding hydrogens is 334 g/mol. The summed E-state index contributed by atoms with van der Waals surface area (Å²) >= 11 is 1.63. The minimum Gasteiger partial charge on any atom is -0.354 e. The van der Waals surface area contributed by atoms with Gasteiger partial charge in [0.25, 0.3) is 0 Å². The fraction of sp³-hybridized carbons (Fsp3) is 0.278. The molecule has 0 saturated heterocycles. The Hall–Kier alpha value is -2.51. The van der Waals surface area contributed by atoms with E-state index in [2.05, 4.69) is 43.1 Å². The number of benzene rings is 1. The molecule has 0 spiro atoms. The standard InChI is InChI=1S/C18H19N5OS/c24-18(17-16-13(6-8-19-17)21-11-22-16)20-9-7-15-23-14(10-25-15)12-4-2-1-3-5-12/h1-5,10-11,17,19H,6-9H2,(H,20,24)(H,21,22)/t17-/m1/s1. The number of thiazole rings is 1. The summed E-state index contributed by atoms with van der Waals surface area (Å²) < 4.78 is 0. The molecular formula is C18H19N5OS. The molecule has 7 heteroatoms. The number of imidazole rings is 1. The summed E-state index contributed by atoms with van der Waals surface area (Å²) in [5, 5.41) is 9.30.